The fraction of sp³-hybridized carbons (Fsp3) is 0.647. The molecule has 0 atom stereocenters. The summed E-state index contributed by atoms with van der Waals surface area (Å²) in [4.78, 5) is 2.40. The number of para-hydroxylation sites is 1. The van der Waals surface area contributed by atoms with Gasteiger partial charge in [0.15, 0.2) is 0 Å². The van der Waals surface area contributed by atoms with Crippen molar-refractivity contribution in [2.24, 2.45) is 0 Å². The zero-order valence-corrected chi connectivity index (χ0v) is 14.4. The summed E-state index contributed by atoms with van der Waals surface area (Å²) < 4.78 is 33.0. The maximum atomic E-state index is 12.3. The Balaban J connectivity index is 1.46. The Morgan fingerprint density at radius 1 is 1.09 bits per heavy atom. The van der Waals surface area contributed by atoms with Gasteiger partial charge < -0.3 is 9.64 Å². The third-order valence-corrected chi connectivity index (χ3v) is 6.01. The van der Waals surface area contributed by atoms with Crippen LogP contribution in [0.2, 0.25) is 0 Å². The van der Waals surface area contributed by atoms with Gasteiger partial charge in [0, 0.05) is 12.1 Å². The Bertz CT molecular complexity index is 594. The summed E-state index contributed by atoms with van der Waals surface area (Å²) in [6.07, 6.45) is 5.65. The number of ether oxygens (including phenoxy) is 1. The first-order chi connectivity index (χ1) is 11.1. The van der Waals surface area contributed by atoms with Gasteiger partial charge in [-0.25, -0.2) is 13.1 Å². The van der Waals surface area contributed by atoms with Gasteiger partial charge in [-0.2, -0.15) is 0 Å². The van der Waals surface area contributed by atoms with Gasteiger partial charge in [0.05, 0.1) is 5.75 Å². The van der Waals surface area contributed by atoms with Crippen LogP contribution in [-0.2, 0) is 10.0 Å². The molecule has 1 aliphatic carbocycles. The second-order valence-electron chi connectivity index (χ2n) is 6.70. The summed E-state index contributed by atoms with van der Waals surface area (Å²) in [6.45, 7) is 3.23. The number of nitrogens with zero attached hydrogens (tertiary/aromatic N) is 1. The lowest BCUT2D eigenvalue weighted by atomic mass is 10.1. The number of benzene rings is 1. The third kappa shape index (κ3) is 5.19. The van der Waals surface area contributed by atoms with E-state index in [1.807, 2.05) is 30.3 Å². The highest BCUT2D eigenvalue weighted by atomic mass is 32.2. The third-order valence-electron chi connectivity index (χ3n) is 4.56. The van der Waals surface area contributed by atoms with Crippen molar-refractivity contribution in [3.05, 3.63) is 30.3 Å². The topological polar surface area (TPSA) is 58.6 Å². The molecule has 128 valence electrons. The van der Waals surface area contributed by atoms with Crippen LogP contribution >= 0.6 is 0 Å². The second kappa shape index (κ2) is 7.20. The van der Waals surface area contributed by atoms with Gasteiger partial charge in [-0.1, -0.05) is 24.6 Å². The van der Waals surface area contributed by atoms with Crippen LogP contribution in [0.5, 0.6) is 5.75 Å². The van der Waals surface area contributed by atoms with E-state index in [-0.39, 0.29) is 17.9 Å². The summed E-state index contributed by atoms with van der Waals surface area (Å²) >= 11 is 0. The molecule has 0 unspecified atom stereocenters. The van der Waals surface area contributed by atoms with Gasteiger partial charge in [-0.05, 0) is 50.9 Å². The van der Waals surface area contributed by atoms with E-state index in [1.165, 1.54) is 19.3 Å². The van der Waals surface area contributed by atoms with E-state index in [1.54, 1.807) is 0 Å². The number of hydrogen-bond donors (Lipinski definition) is 1. The number of piperidine rings is 1. The molecule has 3 rings (SSSR count). The normalized spacial score (nSPS) is 21.0. The SMILES string of the molecule is O=S(=O)(CCOc1ccccc1)NC1(CN2CCCCC2)CC1. The van der Waals surface area contributed by atoms with Crippen molar-refractivity contribution in [3.63, 3.8) is 0 Å². The fourth-order valence-corrected chi connectivity index (χ4v) is 4.49. The zero-order valence-electron chi connectivity index (χ0n) is 13.5. The Hall–Kier alpha value is -1.11. The van der Waals surface area contributed by atoms with Crippen molar-refractivity contribution in [1.29, 1.82) is 0 Å². The molecule has 2 fully saturated rings. The van der Waals surface area contributed by atoms with Crippen molar-refractivity contribution in [2.75, 3.05) is 32.0 Å². The van der Waals surface area contributed by atoms with E-state index in [4.69, 9.17) is 4.74 Å². The maximum Gasteiger partial charge on any atom is 0.215 e. The number of hydrogen-bond acceptors (Lipinski definition) is 4. The van der Waals surface area contributed by atoms with Crippen LogP contribution in [-0.4, -0.2) is 50.9 Å². The first-order valence-electron chi connectivity index (χ1n) is 8.49. The van der Waals surface area contributed by atoms with Crippen molar-refractivity contribution >= 4 is 10.0 Å². The summed E-state index contributed by atoms with van der Waals surface area (Å²) in [5.74, 6) is 0.709. The Morgan fingerprint density at radius 2 is 1.78 bits per heavy atom. The van der Waals surface area contributed by atoms with Crippen LogP contribution in [0.25, 0.3) is 0 Å². The van der Waals surface area contributed by atoms with Crippen molar-refractivity contribution in [3.8, 4) is 5.75 Å². The summed E-state index contributed by atoms with van der Waals surface area (Å²) in [7, 11) is -3.30. The molecule has 0 spiro atoms. The molecular weight excluding hydrogens is 312 g/mol. The van der Waals surface area contributed by atoms with E-state index < -0.39 is 10.0 Å². The Kier molecular flexibility index (Phi) is 5.24. The standard InChI is InChI=1S/C17H26N2O3S/c20-23(21,14-13-22-16-7-3-1-4-8-16)18-17(9-10-17)15-19-11-5-2-6-12-19/h1,3-4,7-8,18H,2,5-6,9-15H2. The molecule has 1 heterocycles. The average molecular weight is 338 g/mol. The van der Waals surface area contributed by atoms with Gasteiger partial charge in [0.1, 0.15) is 12.4 Å². The van der Waals surface area contributed by atoms with E-state index in [2.05, 4.69) is 9.62 Å². The molecule has 6 heteroatoms. The highest BCUT2D eigenvalue weighted by Gasteiger charge is 2.46. The van der Waals surface area contributed by atoms with Crippen LogP contribution in [0.3, 0.4) is 0 Å². The fourth-order valence-electron chi connectivity index (χ4n) is 3.16. The van der Waals surface area contributed by atoms with Crippen LogP contribution < -0.4 is 9.46 Å². The largest absolute Gasteiger partial charge is 0.492 e. The highest BCUT2D eigenvalue weighted by molar-refractivity contribution is 7.89. The zero-order chi connectivity index (χ0) is 16.2. The molecule has 0 radical (unpaired) electrons. The first-order valence-corrected chi connectivity index (χ1v) is 10.1. The molecule has 0 amide bonds. The maximum absolute atomic E-state index is 12.3. The van der Waals surface area contributed by atoms with Crippen LogP contribution in [0, 0.1) is 0 Å². The number of sulfonamides is 1. The smallest absolute Gasteiger partial charge is 0.215 e. The van der Waals surface area contributed by atoms with Gasteiger partial charge in [-0.3, -0.25) is 0 Å². The van der Waals surface area contributed by atoms with Crippen LogP contribution in [0.4, 0.5) is 0 Å². The van der Waals surface area contributed by atoms with Crippen molar-refractivity contribution in [2.45, 2.75) is 37.6 Å². The molecule has 1 aromatic rings. The van der Waals surface area contributed by atoms with Crippen LogP contribution in [0.15, 0.2) is 30.3 Å². The van der Waals surface area contributed by atoms with Gasteiger partial charge >= 0.3 is 0 Å². The molecule has 1 aromatic carbocycles. The first kappa shape index (κ1) is 16.7. The lowest BCUT2D eigenvalue weighted by Crippen LogP contribution is -2.48. The quantitative estimate of drug-likeness (QED) is 0.788. The number of likely N-dealkylation sites (tertiary alicyclic amines) is 1. The summed E-state index contributed by atoms with van der Waals surface area (Å²) in [6, 6.07) is 9.32. The predicted octanol–water partition coefficient (Wildman–Crippen LogP) is 2.00. The lowest BCUT2D eigenvalue weighted by molar-refractivity contribution is 0.206. The Morgan fingerprint density at radius 3 is 2.43 bits per heavy atom. The molecule has 23 heavy (non-hydrogen) atoms. The highest BCUT2D eigenvalue weighted by Crippen LogP contribution is 2.37. The van der Waals surface area contributed by atoms with Crippen molar-refractivity contribution < 1.29 is 13.2 Å². The lowest BCUT2D eigenvalue weighted by Gasteiger charge is -2.30. The minimum Gasteiger partial charge on any atom is -0.492 e. The minimum atomic E-state index is -3.30. The summed E-state index contributed by atoms with van der Waals surface area (Å²) in [5, 5.41) is 0. The molecule has 1 saturated heterocycles. The van der Waals surface area contributed by atoms with E-state index in [9.17, 15) is 8.42 Å². The molecule has 1 N–H and O–H groups in total. The number of nitrogens with one attached hydrogen (secondary N) is 1. The number of rotatable bonds is 8. The second-order valence-corrected chi connectivity index (χ2v) is 8.54. The molecule has 0 bridgehead atoms. The van der Waals surface area contributed by atoms with E-state index in [0.29, 0.717) is 5.75 Å². The van der Waals surface area contributed by atoms with Gasteiger partial charge in [-0.15, -0.1) is 0 Å². The van der Waals surface area contributed by atoms with E-state index in [0.717, 1.165) is 32.5 Å². The summed E-state index contributed by atoms with van der Waals surface area (Å²) in [5.41, 5.74) is -0.219. The molecule has 2 aliphatic rings. The molecular formula is C17H26N2O3S. The molecule has 0 aromatic heterocycles. The Labute approximate surface area is 139 Å². The van der Waals surface area contributed by atoms with Crippen molar-refractivity contribution in [1.82, 2.24) is 9.62 Å². The molecule has 1 saturated carbocycles. The predicted molar refractivity (Wildman–Crippen MR) is 91.1 cm³/mol. The van der Waals surface area contributed by atoms with Crippen LogP contribution in [0.1, 0.15) is 32.1 Å². The molecule has 1 aliphatic heterocycles. The van der Waals surface area contributed by atoms with E-state index >= 15 is 0 Å². The van der Waals surface area contributed by atoms with Gasteiger partial charge in [0.25, 0.3) is 0 Å². The van der Waals surface area contributed by atoms with Gasteiger partial charge in [0.2, 0.25) is 10.0 Å². The minimum absolute atomic E-state index is 0.00362. The molecule has 5 nitrogen and oxygen atoms in total. The monoisotopic (exact) mass is 338 g/mol. The average Bonchev–Trinajstić information content (AvgIpc) is 3.27.